The zero-order valence-electron chi connectivity index (χ0n) is 20.7. The molecule has 194 valence electrons. The van der Waals surface area contributed by atoms with Crippen molar-refractivity contribution in [2.45, 2.75) is 63.1 Å². The molecule has 0 spiro atoms. The summed E-state index contributed by atoms with van der Waals surface area (Å²) in [4.78, 5) is 38.8. The molecule has 0 N–H and O–H groups in total. The number of β-lactam (4-membered cyclic amide) rings is 1. The van der Waals surface area contributed by atoms with E-state index >= 15 is 0 Å². The van der Waals surface area contributed by atoms with Gasteiger partial charge in [-0.05, 0) is 25.5 Å². The summed E-state index contributed by atoms with van der Waals surface area (Å²) in [6.45, 7) is 4.04. The topological polar surface area (TPSA) is 110 Å². The van der Waals surface area contributed by atoms with E-state index in [-0.39, 0.29) is 18.9 Å². The van der Waals surface area contributed by atoms with Crippen molar-refractivity contribution in [1.29, 1.82) is 0 Å². The average molecular weight is 502 g/mol. The van der Waals surface area contributed by atoms with Crippen LogP contribution in [0.4, 0.5) is 0 Å². The van der Waals surface area contributed by atoms with E-state index in [0.29, 0.717) is 12.3 Å². The Hall–Kier alpha value is -3.05. The lowest BCUT2D eigenvalue weighted by molar-refractivity contribution is -0.165. The highest BCUT2D eigenvalue weighted by Crippen LogP contribution is 2.38. The van der Waals surface area contributed by atoms with Crippen molar-refractivity contribution in [3.63, 3.8) is 0 Å². The van der Waals surface area contributed by atoms with Crippen molar-refractivity contribution in [2.24, 2.45) is 0 Å². The maximum Gasteiger partial charge on any atom is 0.330 e. The van der Waals surface area contributed by atoms with Crippen molar-refractivity contribution in [3.8, 4) is 0 Å². The summed E-state index contributed by atoms with van der Waals surface area (Å²) >= 11 is 0. The van der Waals surface area contributed by atoms with Gasteiger partial charge in [0.2, 0.25) is 0 Å². The number of benzene rings is 1. The number of ether oxygens (including phenoxy) is 6. The third kappa shape index (κ3) is 5.67. The number of hydrogen-bond donors (Lipinski definition) is 0. The average Bonchev–Trinajstić information content (AvgIpc) is 3.43. The van der Waals surface area contributed by atoms with Crippen LogP contribution in [0.2, 0.25) is 0 Å². The second-order valence-electron chi connectivity index (χ2n) is 9.14. The standard InChI is InChI=1S/C26H31NO9/c1-26(2)34-15-21(36-26)20-12-18(19(35-20)13-23(29)31-3)27-17(24(32-4)25(27)30)10-11-22(28)33-14-16-8-6-5-7-9-16/h5-12,17,19-21,24H,13-15H2,1-4H3/b11-10+/t17-,19-,20-,21-,24+/m1/s1. The lowest BCUT2D eigenvalue weighted by atomic mass is 9.94. The first-order chi connectivity index (χ1) is 17.2. The lowest BCUT2D eigenvalue weighted by Crippen LogP contribution is -2.64. The molecule has 0 unspecified atom stereocenters. The molecule has 2 fully saturated rings. The van der Waals surface area contributed by atoms with Crippen LogP contribution in [0.25, 0.3) is 0 Å². The first kappa shape index (κ1) is 26.0. The summed E-state index contributed by atoms with van der Waals surface area (Å²) in [5.74, 6) is -2.10. The predicted molar refractivity (Wildman–Crippen MR) is 125 cm³/mol. The summed E-state index contributed by atoms with van der Waals surface area (Å²) in [5, 5.41) is 0. The van der Waals surface area contributed by atoms with E-state index in [1.54, 1.807) is 26.0 Å². The largest absolute Gasteiger partial charge is 0.469 e. The molecule has 0 saturated carbocycles. The van der Waals surface area contributed by atoms with Gasteiger partial charge in [-0.25, -0.2) is 4.79 Å². The maximum atomic E-state index is 13.0. The smallest absolute Gasteiger partial charge is 0.330 e. The zero-order chi connectivity index (χ0) is 25.9. The monoisotopic (exact) mass is 501 g/mol. The third-order valence-electron chi connectivity index (χ3n) is 6.24. The Morgan fingerprint density at radius 2 is 1.94 bits per heavy atom. The zero-order valence-corrected chi connectivity index (χ0v) is 20.7. The minimum Gasteiger partial charge on any atom is -0.469 e. The summed E-state index contributed by atoms with van der Waals surface area (Å²) in [7, 11) is 2.71. The van der Waals surface area contributed by atoms with Crippen LogP contribution in [-0.4, -0.2) is 79.8 Å². The van der Waals surface area contributed by atoms with Crippen LogP contribution >= 0.6 is 0 Å². The van der Waals surface area contributed by atoms with Gasteiger partial charge in [-0.2, -0.15) is 0 Å². The van der Waals surface area contributed by atoms with Gasteiger partial charge in [0.15, 0.2) is 11.9 Å². The predicted octanol–water partition coefficient (Wildman–Crippen LogP) is 1.88. The number of nitrogens with zero attached hydrogens (tertiary/aromatic N) is 1. The molecule has 4 rings (SSSR count). The molecule has 3 aliphatic rings. The third-order valence-corrected chi connectivity index (χ3v) is 6.24. The molecule has 5 atom stereocenters. The molecular formula is C26H31NO9. The Kier molecular flexibility index (Phi) is 7.89. The van der Waals surface area contributed by atoms with Crippen LogP contribution in [-0.2, 0) is 49.4 Å². The highest BCUT2D eigenvalue weighted by Gasteiger charge is 2.52. The summed E-state index contributed by atoms with van der Waals surface area (Å²) in [6, 6.07) is 8.73. The van der Waals surface area contributed by atoms with Gasteiger partial charge in [-0.15, -0.1) is 0 Å². The Morgan fingerprint density at radius 1 is 1.19 bits per heavy atom. The molecule has 10 nitrogen and oxygen atoms in total. The van der Waals surface area contributed by atoms with E-state index in [1.807, 2.05) is 30.3 Å². The van der Waals surface area contributed by atoms with E-state index in [1.165, 1.54) is 25.2 Å². The highest BCUT2D eigenvalue weighted by molar-refractivity contribution is 5.92. The molecule has 0 radical (unpaired) electrons. The van der Waals surface area contributed by atoms with Crippen molar-refractivity contribution in [3.05, 3.63) is 59.8 Å². The Morgan fingerprint density at radius 3 is 2.58 bits per heavy atom. The fraction of sp³-hybridized carbons (Fsp3) is 0.500. The molecule has 10 heteroatoms. The second-order valence-corrected chi connectivity index (χ2v) is 9.14. The number of esters is 2. The molecule has 0 aliphatic carbocycles. The molecule has 0 bridgehead atoms. The van der Waals surface area contributed by atoms with Gasteiger partial charge in [0.25, 0.3) is 5.91 Å². The fourth-order valence-corrected chi connectivity index (χ4v) is 4.43. The van der Waals surface area contributed by atoms with Crippen LogP contribution in [0.1, 0.15) is 25.8 Å². The van der Waals surface area contributed by atoms with Crippen molar-refractivity contribution >= 4 is 17.8 Å². The summed E-state index contributed by atoms with van der Waals surface area (Å²) in [6.07, 6.45) is 2.04. The van der Waals surface area contributed by atoms with Crippen LogP contribution < -0.4 is 0 Å². The van der Waals surface area contributed by atoms with Crippen LogP contribution in [0, 0.1) is 0 Å². The van der Waals surface area contributed by atoms with Crippen LogP contribution in [0.5, 0.6) is 0 Å². The summed E-state index contributed by atoms with van der Waals surface area (Å²) in [5.41, 5.74) is 1.35. The van der Waals surface area contributed by atoms with Gasteiger partial charge in [-0.3, -0.25) is 9.59 Å². The fourth-order valence-electron chi connectivity index (χ4n) is 4.43. The molecule has 0 aromatic heterocycles. The van der Waals surface area contributed by atoms with Crippen molar-refractivity contribution in [1.82, 2.24) is 4.90 Å². The number of carbonyl (C=O) groups excluding carboxylic acids is 3. The molecular weight excluding hydrogens is 470 g/mol. The number of methoxy groups -OCH3 is 2. The molecule has 3 aliphatic heterocycles. The first-order valence-electron chi connectivity index (χ1n) is 11.7. The van der Waals surface area contributed by atoms with Crippen molar-refractivity contribution < 1.29 is 42.8 Å². The molecule has 1 aromatic rings. The van der Waals surface area contributed by atoms with E-state index in [0.717, 1.165) is 5.56 Å². The Balaban J connectivity index is 1.50. The van der Waals surface area contributed by atoms with Gasteiger partial charge in [-0.1, -0.05) is 36.4 Å². The van der Waals surface area contributed by atoms with E-state index in [4.69, 9.17) is 28.4 Å². The number of rotatable bonds is 9. The molecule has 1 amide bonds. The van der Waals surface area contributed by atoms with Crippen LogP contribution in [0.15, 0.2) is 54.3 Å². The maximum absolute atomic E-state index is 13.0. The molecule has 1 aromatic carbocycles. The molecule has 36 heavy (non-hydrogen) atoms. The van der Waals surface area contributed by atoms with E-state index in [2.05, 4.69) is 0 Å². The highest BCUT2D eigenvalue weighted by atomic mass is 16.7. The Labute approximate surface area is 209 Å². The van der Waals surface area contributed by atoms with E-state index in [9.17, 15) is 14.4 Å². The molecule has 3 heterocycles. The number of amides is 1. The number of likely N-dealkylation sites (tertiary alicyclic amines) is 1. The SMILES string of the molecule is COC(=O)C[C@H]1O[C@@H]([C@H]2COC(C)(C)O2)C=C1N1C(=O)[C@@H](OC)[C@H]1/C=C/C(=O)OCc1ccccc1. The second kappa shape index (κ2) is 10.9. The van der Waals surface area contributed by atoms with Gasteiger partial charge in [0, 0.05) is 18.9 Å². The van der Waals surface area contributed by atoms with Crippen molar-refractivity contribution in [2.75, 3.05) is 20.8 Å². The summed E-state index contributed by atoms with van der Waals surface area (Å²) < 4.78 is 33.1. The quantitative estimate of drug-likeness (QED) is 0.285. The van der Waals surface area contributed by atoms with Gasteiger partial charge in [0.05, 0.1) is 26.2 Å². The van der Waals surface area contributed by atoms with E-state index < -0.39 is 48.2 Å². The normalized spacial score (nSPS) is 29.2. The minimum absolute atomic E-state index is 0.0905. The minimum atomic E-state index is -0.785. The van der Waals surface area contributed by atoms with Gasteiger partial charge in [0.1, 0.15) is 24.9 Å². The van der Waals surface area contributed by atoms with Gasteiger partial charge >= 0.3 is 11.9 Å². The number of carbonyl (C=O) groups is 3. The molecule has 2 saturated heterocycles. The Bertz CT molecular complexity index is 1040. The van der Waals surface area contributed by atoms with Gasteiger partial charge < -0.3 is 33.3 Å². The first-order valence-corrected chi connectivity index (χ1v) is 11.7. The van der Waals surface area contributed by atoms with Crippen LogP contribution in [0.3, 0.4) is 0 Å². The number of hydrogen-bond acceptors (Lipinski definition) is 9. The lowest BCUT2D eigenvalue weighted by Gasteiger charge is -2.46.